The quantitative estimate of drug-likeness (QED) is 0.340. The van der Waals surface area contributed by atoms with Crippen LogP contribution >= 0.6 is 19.4 Å². The highest BCUT2D eigenvalue weighted by Gasteiger charge is 2.60. The van der Waals surface area contributed by atoms with Crippen LogP contribution in [0, 0.1) is 5.92 Å². The Hall–Kier alpha value is -1.75. The number of ether oxygens (including phenoxy) is 2. The van der Waals surface area contributed by atoms with Crippen LogP contribution in [0.15, 0.2) is 18.6 Å². The third-order valence-electron chi connectivity index (χ3n) is 5.62. The minimum atomic E-state index is -3.91. The standard InChI is InChI=1S/C20H28ClN4O7P/c1-11(2)30-18(26)12(3)6-8-28-33(27)29-9-14-16(32-33)20(4,21)19(31-14)25-10-24-15-13(22)5-7-23-17(15)25/h5,7,10-12,14,16,19H,6,8-9H2,1-4H3,(H2,22,23)/t12?,14-,16-,19-,20-,33+/m1/s1. The van der Waals surface area contributed by atoms with Gasteiger partial charge in [-0.25, -0.2) is 14.5 Å². The highest BCUT2D eigenvalue weighted by molar-refractivity contribution is 7.48. The monoisotopic (exact) mass is 502 g/mol. The lowest BCUT2D eigenvalue weighted by atomic mass is 10.0. The Morgan fingerprint density at radius 2 is 2.18 bits per heavy atom. The summed E-state index contributed by atoms with van der Waals surface area (Å²) in [6.07, 6.45) is 1.11. The smallest absolute Gasteiger partial charge is 0.463 e. The van der Waals surface area contributed by atoms with Crippen LogP contribution in [0.4, 0.5) is 5.69 Å². The van der Waals surface area contributed by atoms with Crippen LogP contribution < -0.4 is 5.73 Å². The van der Waals surface area contributed by atoms with E-state index in [4.69, 9.17) is 40.4 Å². The number of imidazole rings is 1. The maximum absolute atomic E-state index is 13.1. The maximum Gasteiger partial charge on any atom is 0.475 e. The number of esters is 1. The highest BCUT2D eigenvalue weighted by atomic mass is 35.5. The number of phosphoric acid groups is 1. The Balaban J connectivity index is 1.43. The fourth-order valence-electron chi connectivity index (χ4n) is 3.84. The largest absolute Gasteiger partial charge is 0.475 e. The Bertz CT molecular complexity index is 1080. The summed E-state index contributed by atoms with van der Waals surface area (Å²) in [5, 5.41) is 0. The molecule has 2 aliphatic heterocycles. The summed E-state index contributed by atoms with van der Waals surface area (Å²) in [5.74, 6) is -0.775. The molecule has 0 saturated carbocycles. The van der Waals surface area contributed by atoms with E-state index in [1.807, 2.05) is 0 Å². The van der Waals surface area contributed by atoms with Crippen molar-refractivity contribution in [3.8, 4) is 0 Å². The van der Waals surface area contributed by atoms with Gasteiger partial charge in [0.05, 0.1) is 37.3 Å². The molecule has 2 N–H and O–H groups in total. The van der Waals surface area contributed by atoms with Gasteiger partial charge in [-0.2, -0.15) is 0 Å². The van der Waals surface area contributed by atoms with Crippen molar-refractivity contribution in [2.24, 2.45) is 5.92 Å². The number of anilines is 1. The molecule has 0 aliphatic carbocycles. The molecule has 0 radical (unpaired) electrons. The number of halogens is 1. The Morgan fingerprint density at radius 1 is 1.42 bits per heavy atom. The zero-order valence-electron chi connectivity index (χ0n) is 18.8. The molecule has 13 heteroatoms. The van der Waals surface area contributed by atoms with Gasteiger partial charge >= 0.3 is 13.8 Å². The zero-order chi connectivity index (χ0) is 24.0. The van der Waals surface area contributed by atoms with Crippen molar-refractivity contribution in [2.45, 2.75) is 63.5 Å². The van der Waals surface area contributed by atoms with Gasteiger partial charge in [0, 0.05) is 6.20 Å². The number of alkyl halides is 1. The van der Waals surface area contributed by atoms with Crippen molar-refractivity contribution in [2.75, 3.05) is 18.9 Å². The van der Waals surface area contributed by atoms with Crippen molar-refractivity contribution in [1.29, 1.82) is 0 Å². The van der Waals surface area contributed by atoms with Gasteiger partial charge in [-0.15, -0.1) is 11.6 Å². The number of nitrogens with two attached hydrogens (primary N) is 1. The topological polar surface area (TPSA) is 137 Å². The predicted molar refractivity (Wildman–Crippen MR) is 120 cm³/mol. The van der Waals surface area contributed by atoms with Crippen LogP contribution in [0.2, 0.25) is 0 Å². The van der Waals surface area contributed by atoms with Gasteiger partial charge in [0.25, 0.3) is 0 Å². The number of aromatic nitrogens is 3. The van der Waals surface area contributed by atoms with Crippen LogP contribution in [-0.2, 0) is 32.4 Å². The molecule has 11 nitrogen and oxygen atoms in total. The molecule has 182 valence electrons. The lowest BCUT2D eigenvalue weighted by Crippen LogP contribution is -2.44. The van der Waals surface area contributed by atoms with Gasteiger partial charge < -0.3 is 15.2 Å². The molecular weight excluding hydrogens is 475 g/mol. The van der Waals surface area contributed by atoms with Gasteiger partial charge in [-0.3, -0.25) is 22.9 Å². The van der Waals surface area contributed by atoms with E-state index in [9.17, 15) is 9.36 Å². The van der Waals surface area contributed by atoms with E-state index < -0.39 is 37.1 Å². The van der Waals surface area contributed by atoms with Crippen molar-refractivity contribution >= 4 is 42.2 Å². The summed E-state index contributed by atoms with van der Waals surface area (Å²) in [6.45, 7) is 6.94. The fourth-order valence-corrected chi connectivity index (χ4v) is 5.73. The van der Waals surface area contributed by atoms with Crippen LogP contribution in [-0.4, -0.2) is 56.9 Å². The first-order chi connectivity index (χ1) is 15.5. The molecule has 2 aliphatic rings. The molecule has 0 bridgehead atoms. The number of hydrogen-bond acceptors (Lipinski definition) is 10. The minimum absolute atomic E-state index is 0.0122. The summed E-state index contributed by atoms with van der Waals surface area (Å²) in [6, 6.07) is 1.66. The Kier molecular flexibility index (Phi) is 6.74. The number of nitrogens with zero attached hydrogens (tertiary/aromatic N) is 3. The zero-order valence-corrected chi connectivity index (χ0v) is 20.5. The molecule has 0 spiro atoms. The first-order valence-corrected chi connectivity index (χ1v) is 12.5. The summed E-state index contributed by atoms with van der Waals surface area (Å²) >= 11 is 6.89. The molecule has 2 aromatic rings. The number of rotatable bonds is 7. The van der Waals surface area contributed by atoms with Crippen LogP contribution in [0.3, 0.4) is 0 Å². The lowest BCUT2D eigenvalue weighted by Gasteiger charge is -2.34. The predicted octanol–water partition coefficient (Wildman–Crippen LogP) is 3.43. The molecule has 2 aromatic heterocycles. The number of fused-ring (bicyclic) bond motifs is 2. The number of carbonyl (C=O) groups is 1. The minimum Gasteiger partial charge on any atom is -0.463 e. The summed E-state index contributed by atoms with van der Waals surface area (Å²) in [4.78, 5) is 19.5. The third-order valence-corrected chi connectivity index (χ3v) is 7.47. The van der Waals surface area contributed by atoms with E-state index in [1.165, 1.54) is 0 Å². The number of nitrogen functional groups attached to an aromatic ring is 1. The number of carbonyl (C=O) groups excluding carboxylic acids is 1. The highest BCUT2D eigenvalue weighted by Crippen LogP contribution is 2.60. The van der Waals surface area contributed by atoms with Gasteiger partial charge in [0.15, 0.2) is 11.9 Å². The van der Waals surface area contributed by atoms with E-state index >= 15 is 0 Å². The van der Waals surface area contributed by atoms with Crippen molar-refractivity contribution < 1.29 is 32.4 Å². The first kappa shape index (κ1) is 24.4. The molecule has 4 heterocycles. The molecule has 2 fully saturated rings. The van der Waals surface area contributed by atoms with Crippen LogP contribution in [0.5, 0.6) is 0 Å². The average molecular weight is 503 g/mol. The lowest BCUT2D eigenvalue weighted by molar-refractivity contribution is -0.152. The van der Waals surface area contributed by atoms with Gasteiger partial charge in [0.2, 0.25) is 0 Å². The second kappa shape index (κ2) is 9.13. The van der Waals surface area contributed by atoms with E-state index in [-0.39, 0.29) is 25.3 Å². The summed E-state index contributed by atoms with van der Waals surface area (Å²) in [7, 11) is -3.91. The fraction of sp³-hybridized carbons (Fsp3) is 0.650. The van der Waals surface area contributed by atoms with Crippen molar-refractivity contribution in [1.82, 2.24) is 14.5 Å². The summed E-state index contributed by atoms with van der Waals surface area (Å²) < 4.78 is 42.6. The average Bonchev–Trinajstić information content (AvgIpc) is 3.27. The third kappa shape index (κ3) is 4.76. The Labute approximate surface area is 196 Å². The SMILES string of the molecule is CC(C)OC(=O)C(C)CCO[P@@]1(=O)OC[C@H]2O[C@@H](n3cnc4c(N)ccnc43)[C@](C)(Cl)[C@@H]2O1. The van der Waals surface area contributed by atoms with E-state index in [0.717, 1.165) is 0 Å². The second-order valence-corrected chi connectivity index (χ2v) is 11.1. The van der Waals surface area contributed by atoms with E-state index in [0.29, 0.717) is 23.3 Å². The maximum atomic E-state index is 13.1. The number of hydrogen-bond donors (Lipinski definition) is 1. The molecule has 6 atom stereocenters. The van der Waals surface area contributed by atoms with Gasteiger partial charge in [0.1, 0.15) is 22.6 Å². The van der Waals surface area contributed by atoms with Gasteiger partial charge in [-0.05, 0) is 33.3 Å². The van der Waals surface area contributed by atoms with E-state index in [1.54, 1.807) is 50.9 Å². The molecule has 0 amide bonds. The molecule has 0 aromatic carbocycles. The molecule has 4 rings (SSSR count). The van der Waals surface area contributed by atoms with Crippen LogP contribution in [0.1, 0.15) is 40.3 Å². The van der Waals surface area contributed by atoms with E-state index in [2.05, 4.69) is 9.97 Å². The molecule has 33 heavy (non-hydrogen) atoms. The number of phosphoric ester groups is 1. The van der Waals surface area contributed by atoms with Gasteiger partial charge in [-0.1, -0.05) is 6.92 Å². The summed E-state index contributed by atoms with van der Waals surface area (Å²) in [5.41, 5.74) is 7.50. The van der Waals surface area contributed by atoms with Crippen LogP contribution in [0.25, 0.3) is 11.2 Å². The number of pyridine rings is 1. The molecule has 1 unspecified atom stereocenters. The first-order valence-electron chi connectivity index (χ1n) is 10.7. The second-order valence-electron chi connectivity index (χ2n) is 8.68. The molecule has 2 saturated heterocycles. The van der Waals surface area contributed by atoms with Crippen molar-refractivity contribution in [3.05, 3.63) is 18.6 Å². The Morgan fingerprint density at radius 3 is 2.91 bits per heavy atom. The normalized spacial score (nSPS) is 32.7. The molecular formula is C20H28ClN4O7P. The van der Waals surface area contributed by atoms with Crippen molar-refractivity contribution in [3.63, 3.8) is 0 Å².